The molecule has 0 N–H and O–H groups in total. The summed E-state index contributed by atoms with van der Waals surface area (Å²) >= 11 is 0. The van der Waals surface area contributed by atoms with Crippen LogP contribution in [0.25, 0.3) is 5.57 Å². The molecule has 0 spiro atoms. The van der Waals surface area contributed by atoms with Crippen molar-refractivity contribution in [3.05, 3.63) is 149 Å². The number of allylic oxidation sites excluding steroid dienone is 5. The zero-order valence-electron chi connectivity index (χ0n) is 28.6. The van der Waals surface area contributed by atoms with E-state index < -0.39 is 29.3 Å². The first-order valence-corrected chi connectivity index (χ1v) is 20.9. The Labute approximate surface area is 331 Å². The van der Waals surface area contributed by atoms with E-state index in [4.69, 9.17) is 10.7 Å². The number of benzene rings is 4. The minimum atomic E-state index is -4.60. The summed E-state index contributed by atoms with van der Waals surface area (Å²) in [5.41, 5.74) is 5.36. The van der Waals surface area contributed by atoms with Crippen molar-refractivity contribution in [2.45, 2.75) is 41.6 Å². The predicted molar refractivity (Wildman–Crippen MR) is 195 cm³/mol. The Hall–Kier alpha value is -3.37. The van der Waals surface area contributed by atoms with E-state index >= 15 is 0 Å². The first kappa shape index (κ1) is 41.4. The van der Waals surface area contributed by atoms with Gasteiger partial charge in [0.2, 0.25) is 0 Å². The van der Waals surface area contributed by atoms with Crippen molar-refractivity contribution < 1.29 is 68.5 Å². The molecule has 52 heavy (non-hydrogen) atoms. The van der Waals surface area contributed by atoms with Gasteiger partial charge < -0.3 is 14.0 Å². The van der Waals surface area contributed by atoms with Gasteiger partial charge in [-0.15, -0.1) is 0 Å². The minimum Gasteiger partial charge on any atom is -0.744 e. The van der Waals surface area contributed by atoms with Crippen LogP contribution in [-0.4, -0.2) is 57.7 Å². The fraction of sp³-hybridized carbons (Fsp3) is 0.162. The molecule has 0 radical (unpaired) electrons. The van der Waals surface area contributed by atoms with Crippen LogP contribution in [0.3, 0.4) is 0 Å². The van der Waals surface area contributed by atoms with Crippen molar-refractivity contribution in [1.29, 1.82) is 0 Å². The number of rotatable bonds is 12. The van der Waals surface area contributed by atoms with E-state index in [9.17, 15) is 34.4 Å². The Morgan fingerprint density at radius 3 is 1.81 bits per heavy atom. The summed E-state index contributed by atoms with van der Waals surface area (Å²) in [4.78, 5) is 1.36. The molecule has 0 heterocycles. The van der Waals surface area contributed by atoms with Gasteiger partial charge in [0, 0.05) is 52.7 Å². The third-order valence-electron chi connectivity index (χ3n) is 8.35. The van der Waals surface area contributed by atoms with E-state index in [1.807, 2.05) is 71.9 Å². The maximum absolute atomic E-state index is 12.7. The quantitative estimate of drug-likeness (QED) is 0.0913. The molecule has 10 nitrogen and oxygen atoms in total. The van der Waals surface area contributed by atoms with Gasteiger partial charge in [0.25, 0.3) is 9.05 Å². The monoisotopic (exact) mass is 788 g/mol. The Bertz CT molecular complexity index is 2410. The first-order valence-electron chi connectivity index (χ1n) is 15.8. The molecule has 266 valence electrons. The van der Waals surface area contributed by atoms with Crippen LogP contribution in [0.1, 0.15) is 36.1 Å². The molecule has 5 rings (SSSR count). The van der Waals surface area contributed by atoms with Crippen molar-refractivity contribution in [2.24, 2.45) is 0 Å². The Morgan fingerprint density at radius 2 is 1.27 bits per heavy atom. The molecule has 0 fully saturated rings. The fourth-order valence-corrected chi connectivity index (χ4v) is 8.01. The van der Waals surface area contributed by atoms with Gasteiger partial charge in [-0.05, 0) is 90.7 Å². The Morgan fingerprint density at radius 1 is 0.712 bits per heavy atom. The zero-order valence-corrected chi connectivity index (χ0v) is 33.8. The summed E-state index contributed by atoms with van der Waals surface area (Å²) in [5.74, 6) is 0. The van der Waals surface area contributed by atoms with Crippen LogP contribution in [0.2, 0.25) is 0 Å². The second-order valence-electron chi connectivity index (χ2n) is 11.6. The molecule has 4 aromatic rings. The number of hydrogen-bond acceptors (Lipinski definition) is 9. The smallest absolute Gasteiger partial charge is 0.744 e. The predicted octanol–water partition coefficient (Wildman–Crippen LogP) is 3.05. The van der Waals surface area contributed by atoms with Gasteiger partial charge in [0.15, 0.2) is 12.3 Å². The van der Waals surface area contributed by atoms with Gasteiger partial charge in [-0.2, -0.15) is 0 Å². The van der Waals surface area contributed by atoms with Crippen LogP contribution < -0.4 is 34.5 Å². The summed E-state index contributed by atoms with van der Waals surface area (Å²) < 4.78 is 96.9. The number of hydrogen-bond donors (Lipinski definition) is 0. The molecule has 0 saturated carbocycles. The topological polar surface area (TPSA) is 155 Å². The van der Waals surface area contributed by atoms with E-state index in [-0.39, 0.29) is 44.2 Å². The summed E-state index contributed by atoms with van der Waals surface area (Å²) in [7, 11) is -7.42. The standard InChI is InChI=1S/C37H35ClN2O8S3.Na/c1-3-39(25-27-9-7-11-33(23-27)50(43,44)45)31-19-15-29(16-20-31)37(35-13-5-6-14-36(35)49(38,41)42)30-17-21-32(22-18-30)40(4-2)26-28-10-8-12-34(24-28)51(46,47)48;/h5-24H,3-4,25-26H2,1-2H3,(H-,43,44,45,46,47,48);/q;+1/p-1. The van der Waals surface area contributed by atoms with Gasteiger partial charge in [-0.1, -0.05) is 54.6 Å². The summed E-state index contributed by atoms with van der Waals surface area (Å²) in [6.45, 7) is 5.73. The van der Waals surface area contributed by atoms with Crippen LogP contribution in [-0.2, 0) is 42.4 Å². The molecule has 4 aromatic carbocycles. The molecular formula is C37H34ClN2NaO8S3. The first-order chi connectivity index (χ1) is 24.1. The van der Waals surface area contributed by atoms with Gasteiger partial charge in [-0.3, -0.25) is 0 Å². The summed E-state index contributed by atoms with van der Waals surface area (Å²) in [6, 6.07) is 25.8. The molecule has 0 bridgehead atoms. The molecule has 0 atom stereocenters. The molecule has 0 aliphatic heterocycles. The Balaban J connectivity index is 0.00000605. The largest absolute Gasteiger partial charge is 1.00 e. The van der Waals surface area contributed by atoms with Gasteiger partial charge in [0.05, 0.1) is 14.7 Å². The van der Waals surface area contributed by atoms with E-state index in [0.29, 0.717) is 59.6 Å². The SMILES string of the molecule is CCN(Cc1cccc(S(=O)(=O)[O-])c1)c1ccc(C(=C2C=CC(=[N+](CC)Cc3cccc(S(=O)(=O)[O-])c3)C=C2)c2ccccc2S(=O)(=O)Cl)cc1.[Na+]. The van der Waals surface area contributed by atoms with Crippen molar-refractivity contribution in [1.82, 2.24) is 0 Å². The van der Waals surface area contributed by atoms with E-state index in [1.165, 1.54) is 42.5 Å². The molecule has 15 heteroatoms. The zero-order chi connectivity index (χ0) is 37.0. The van der Waals surface area contributed by atoms with E-state index in [0.717, 1.165) is 11.4 Å². The molecule has 0 aromatic heterocycles. The average Bonchev–Trinajstić information content (AvgIpc) is 3.10. The number of anilines is 1. The summed E-state index contributed by atoms with van der Waals surface area (Å²) in [5, 5.41) is 0. The molecular weight excluding hydrogens is 755 g/mol. The van der Waals surface area contributed by atoms with Crippen molar-refractivity contribution >= 4 is 56.9 Å². The molecule has 0 saturated heterocycles. The Kier molecular flexibility index (Phi) is 13.7. The number of halogens is 1. The molecule has 1 aliphatic carbocycles. The van der Waals surface area contributed by atoms with Crippen LogP contribution in [0.4, 0.5) is 5.69 Å². The second-order valence-corrected chi connectivity index (χ2v) is 16.9. The second kappa shape index (κ2) is 17.2. The van der Waals surface area contributed by atoms with Crippen molar-refractivity contribution in [3.63, 3.8) is 0 Å². The van der Waals surface area contributed by atoms with Gasteiger partial charge in [0.1, 0.15) is 26.8 Å². The molecule has 0 unspecified atom stereocenters. The fourth-order valence-electron chi connectivity index (χ4n) is 5.85. The third kappa shape index (κ3) is 10.2. The maximum Gasteiger partial charge on any atom is 1.00 e. The van der Waals surface area contributed by atoms with Crippen LogP contribution in [0.15, 0.2) is 142 Å². The minimum absolute atomic E-state index is 0. The number of nitrogens with zero attached hydrogens (tertiary/aromatic N) is 2. The van der Waals surface area contributed by atoms with Gasteiger partial charge in [-0.25, -0.2) is 29.8 Å². The summed E-state index contributed by atoms with van der Waals surface area (Å²) in [6.07, 6.45) is 7.50. The maximum atomic E-state index is 12.7. The van der Waals surface area contributed by atoms with E-state index in [1.54, 1.807) is 30.3 Å². The van der Waals surface area contributed by atoms with Crippen molar-refractivity contribution in [2.75, 3.05) is 18.0 Å². The third-order valence-corrected chi connectivity index (χ3v) is 11.4. The van der Waals surface area contributed by atoms with Crippen LogP contribution in [0, 0.1) is 0 Å². The van der Waals surface area contributed by atoms with Crippen LogP contribution >= 0.6 is 10.7 Å². The average molecular weight is 789 g/mol. The van der Waals surface area contributed by atoms with Gasteiger partial charge >= 0.3 is 29.6 Å². The van der Waals surface area contributed by atoms with Crippen LogP contribution in [0.5, 0.6) is 0 Å². The van der Waals surface area contributed by atoms with E-state index in [2.05, 4.69) is 0 Å². The van der Waals surface area contributed by atoms with Crippen molar-refractivity contribution in [3.8, 4) is 0 Å². The molecule has 0 amide bonds. The normalized spacial score (nSPS) is 13.1. The molecule has 1 aliphatic rings.